The van der Waals surface area contributed by atoms with Gasteiger partial charge in [-0.25, -0.2) is 33.5 Å². The van der Waals surface area contributed by atoms with Crippen LogP contribution in [0.2, 0.25) is 0 Å². The third kappa shape index (κ3) is 7.68. The van der Waals surface area contributed by atoms with Gasteiger partial charge in [0.15, 0.2) is 11.6 Å². The Morgan fingerprint density at radius 2 is 1.80 bits per heavy atom. The monoisotopic (exact) mass is 711 g/mol. The van der Waals surface area contributed by atoms with E-state index in [0.717, 1.165) is 23.9 Å². The second kappa shape index (κ2) is 14.5. The molecule has 1 amide bonds. The lowest BCUT2D eigenvalue weighted by Gasteiger charge is -2.27. The van der Waals surface area contributed by atoms with Crippen molar-refractivity contribution in [1.82, 2.24) is 19.9 Å². The van der Waals surface area contributed by atoms with Crippen LogP contribution in [0.3, 0.4) is 0 Å². The first-order chi connectivity index (χ1) is 24.0. The summed E-state index contributed by atoms with van der Waals surface area (Å²) < 4.78 is 76.8. The van der Waals surface area contributed by atoms with Gasteiger partial charge in [-0.2, -0.15) is 13.2 Å². The number of ether oxygens (including phenoxy) is 2. The van der Waals surface area contributed by atoms with Crippen molar-refractivity contribution in [2.75, 3.05) is 41.8 Å². The van der Waals surface area contributed by atoms with Crippen LogP contribution < -0.4 is 20.3 Å². The van der Waals surface area contributed by atoms with Crippen LogP contribution in [0.1, 0.15) is 22.3 Å². The largest absolute Gasteiger partial charge is 0.491 e. The maximum atomic E-state index is 14.9. The first kappa shape index (κ1) is 34.3. The van der Waals surface area contributed by atoms with E-state index in [4.69, 9.17) is 14.7 Å². The van der Waals surface area contributed by atoms with Crippen LogP contribution >= 0.6 is 11.3 Å². The van der Waals surface area contributed by atoms with Crippen molar-refractivity contribution in [2.24, 2.45) is 0 Å². The zero-order chi connectivity index (χ0) is 35.4. The lowest BCUT2D eigenvalue weighted by Crippen LogP contribution is -2.36. The summed E-state index contributed by atoms with van der Waals surface area (Å²) in [6.07, 6.45) is -1.54. The number of rotatable bonds is 9. The SMILES string of the molecule is CCc1nc(-c2cccc(NC(=O)c3c(F)ccc(OC(=O)C(F)(F)F)c3F)c2)c(-c2ccnc(Nc3ccc(N4CCOCC4)nc3)n2)s1. The smallest absolute Gasteiger partial charge is 0.417 e. The molecule has 50 heavy (non-hydrogen) atoms. The van der Waals surface area contributed by atoms with Crippen LogP contribution in [0.4, 0.5) is 45.1 Å². The molecule has 1 aliphatic heterocycles. The highest BCUT2D eigenvalue weighted by molar-refractivity contribution is 7.15. The number of pyridine rings is 1. The number of hydrogen-bond donors (Lipinski definition) is 2. The van der Waals surface area contributed by atoms with Gasteiger partial charge in [0.2, 0.25) is 5.95 Å². The third-order valence-electron chi connectivity index (χ3n) is 7.31. The Hall–Kier alpha value is -5.55. The lowest BCUT2D eigenvalue weighted by molar-refractivity contribution is -0.189. The Balaban J connectivity index is 1.23. The molecule has 0 radical (unpaired) electrons. The number of alkyl halides is 3. The third-order valence-corrected chi connectivity index (χ3v) is 8.53. The number of carbonyl (C=O) groups is 2. The van der Waals surface area contributed by atoms with Gasteiger partial charge in [-0.3, -0.25) is 4.79 Å². The first-order valence-corrected chi connectivity index (χ1v) is 15.9. The van der Waals surface area contributed by atoms with E-state index in [1.165, 1.54) is 23.5 Å². The number of carbonyl (C=O) groups excluding carboxylic acids is 2. The molecular weight excluding hydrogens is 685 g/mol. The Labute approximate surface area is 285 Å². The average molecular weight is 712 g/mol. The van der Waals surface area contributed by atoms with Crippen molar-refractivity contribution in [2.45, 2.75) is 19.5 Å². The van der Waals surface area contributed by atoms with Gasteiger partial charge in [0, 0.05) is 30.5 Å². The molecule has 0 atom stereocenters. The van der Waals surface area contributed by atoms with Crippen molar-refractivity contribution in [3.63, 3.8) is 0 Å². The van der Waals surface area contributed by atoms with Crippen LogP contribution in [-0.2, 0) is 16.0 Å². The molecule has 11 nitrogen and oxygen atoms in total. The predicted octanol–water partition coefficient (Wildman–Crippen LogP) is 6.80. The minimum Gasteiger partial charge on any atom is -0.417 e. The molecule has 4 heterocycles. The summed E-state index contributed by atoms with van der Waals surface area (Å²) in [6.45, 7) is 4.74. The molecule has 0 unspecified atom stereocenters. The highest BCUT2D eigenvalue weighted by Gasteiger charge is 2.42. The maximum absolute atomic E-state index is 14.9. The number of halogens is 5. The van der Waals surface area contributed by atoms with Gasteiger partial charge in [-0.05, 0) is 48.9 Å². The second-order valence-electron chi connectivity index (χ2n) is 10.7. The first-order valence-electron chi connectivity index (χ1n) is 15.1. The molecule has 6 rings (SSSR count). The van der Waals surface area contributed by atoms with Gasteiger partial charge in [0.1, 0.15) is 17.2 Å². The number of benzene rings is 2. The Morgan fingerprint density at radius 3 is 2.52 bits per heavy atom. The van der Waals surface area contributed by atoms with Crippen molar-refractivity contribution >= 4 is 46.4 Å². The minimum absolute atomic E-state index is 0.0963. The number of thiazole rings is 1. The summed E-state index contributed by atoms with van der Waals surface area (Å²) in [5.74, 6) is -7.32. The summed E-state index contributed by atoms with van der Waals surface area (Å²) in [6, 6.07) is 12.8. The van der Waals surface area contributed by atoms with Crippen molar-refractivity contribution < 1.29 is 41.0 Å². The van der Waals surface area contributed by atoms with Gasteiger partial charge in [-0.1, -0.05) is 19.1 Å². The summed E-state index contributed by atoms with van der Waals surface area (Å²) in [5.41, 5.74) is 1.13. The number of aromatic nitrogens is 4. The molecule has 1 saturated heterocycles. The van der Waals surface area contributed by atoms with Crippen LogP contribution in [0, 0.1) is 11.6 Å². The second-order valence-corrected chi connectivity index (χ2v) is 11.8. The number of morpholine rings is 1. The molecule has 0 spiro atoms. The molecule has 258 valence electrons. The summed E-state index contributed by atoms with van der Waals surface area (Å²) in [5, 5.41) is 6.30. The fraction of sp³-hybridized carbons (Fsp3) is 0.212. The average Bonchev–Trinajstić information content (AvgIpc) is 3.55. The van der Waals surface area contributed by atoms with Crippen LogP contribution in [0.15, 0.2) is 67.0 Å². The number of amides is 1. The minimum atomic E-state index is -5.44. The Morgan fingerprint density at radius 1 is 1.00 bits per heavy atom. The standard InChI is InChI=1S/C33H26F5N7O4S/c1-2-25-44-28(29(50-25)22-10-11-39-32(43-22)42-20-6-9-24(40-17-20)45-12-14-48-15-13-45)18-4-3-5-19(16-18)41-30(46)26-21(34)7-8-23(27(26)35)49-31(47)33(36,37)38/h3-11,16-17H,2,12-15H2,1H3,(H,41,46)(H,39,42,43). The van der Waals surface area contributed by atoms with E-state index in [9.17, 15) is 31.5 Å². The van der Waals surface area contributed by atoms with Gasteiger partial charge < -0.3 is 25.0 Å². The number of nitrogens with zero attached hydrogens (tertiary/aromatic N) is 5. The van der Waals surface area contributed by atoms with Crippen molar-refractivity contribution in [3.05, 3.63) is 89.2 Å². The number of aryl methyl sites for hydroxylation is 1. The van der Waals surface area contributed by atoms with Gasteiger partial charge in [0.05, 0.1) is 46.4 Å². The van der Waals surface area contributed by atoms with Crippen LogP contribution in [-0.4, -0.2) is 64.3 Å². The molecule has 1 fully saturated rings. The highest BCUT2D eigenvalue weighted by Crippen LogP contribution is 2.37. The van der Waals surface area contributed by atoms with E-state index in [0.29, 0.717) is 65.2 Å². The van der Waals surface area contributed by atoms with Crippen LogP contribution in [0.5, 0.6) is 5.75 Å². The quantitative estimate of drug-likeness (QED) is 0.0956. The van der Waals surface area contributed by atoms with E-state index in [-0.39, 0.29) is 5.69 Å². The molecule has 2 aromatic carbocycles. The maximum Gasteiger partial charge on any atom is 0.491 e. The van der Waals surface area contributed by atoms with E-state index in [1.807, 2.05) is 19.1 Å². The van der Waals surface area contributed by atoms with Gasteiger partial charge in [0.25, 0.3) is 5.91 Å². The molecule has 0 aliphatic carbocycles. The topological polar surface area (TPSA) is 131 Å². The molecule has 3 aromatic heterocycles. The van der Waals surface area contributed by atoms with E-state index in [2.05, 4.69) is 30.2 Å². The van der Waals surface area contributed by atoms with Gasteiger partial charge in [-0.15, -0.1) is 11.3 Å². The molecule has 0 saturated carbocycles. The number of esters is 1. The zero-order valence-electron chi connectivity index (χ0n) is 26.1. The fourth-order valence-corrected chi connectivity index (χ4v) is 5.91. The summed E-state index contributed by atoms with van der Waals surface area (Å²) in [4.78, 5) is 45.3. The van der Waals surface area contributed by atoms with E-state index >= 15 is 0 Å². The lowest BCUT2D eigenvalue weighted by atomic mass is 10.1. The Bertz CT molecular complexity index is 2040. The zero-order valence-corrected chi connectivity index (χ0v) is 26.9. The van der Waals surface area contributed by atoms with Crippen LogP contribution in [0.25, 0.3) is 21.8 Å². The molecule has 2 N–H and O–H groups in total. The van der Waals surface area contributed by atoms with E-state index < -0.39 is 41.0 Å². The molecular formula is C33H26F5N7O4S. The molecule has 5 aromatic rings. The van der Waals surface area contributed by atoms with Gasteiger partial charge >= 0.3 is 12.1 Å². The summed E-state index contributed by atoms with van der Waals surface area (Å²) >= 11 is 1.40. The molecule has 0 bridgehead atoms. The number of nitrogens with one attached hydrogen (secondary N) is 2. The van der Waals surface area contributed by atoms with E-state index in [1.54, 1.807) is 30.6 Å². The van der Waals surface area contributed by atoms with Crippen molar-refractivity contribution in [3.8, 4) is 27.6 Å². The molecule has 1 aliphatic rings. The van der Waals surface area contributed by atoms with Crippen molar-refractivity contribution in [1.29, 1.82) is 0 Å². The number of hydrogen-bond acceptors (Lipinski definition) is 11. The number of anilines is 4. The highest BCUT2D eigenvalue weighted by atomic mass is 32.1. The molecule has 17 heteroatoms. The normalized spacial score (nSPS) is 13.2. The fourth-order valence-electron chi connectivity index (χ4n) is 4.91. The predicted molar refractivity (Wildman–Crippen MR) is 175 cm³/mol. The Kier molecular flexibility index (Phi) is 9.96. The summed E-state index contributed by atoms with van der Waals surface area (Å²) in [7, 11) is 0.